The lowest BCUT2D eigenvalue weighted by molar-refractivity contribution is -0.161. The first-order chi connectivity index (χ1) is 29.0. The average molecular weight is 869 g/mol. The number of hydrogen-bond acceptors (Lipinski definition) is 10. The van der Waals surface area contributed by atoms with E-state index in [1.54, 1.807) is 6.08 Å². The molecule has 0 rings (SSSR count). The van der Waals surface area contributed by atoms with Gasteiger partial charge < -0.3 is 29.7 Å². The third-order valence-electron chi connectivity index (χ3n) is 9.77. The Hall–Kier alpha value is -2.37. The van der Waals surface area contributed by atoms with Crippen molar-refractivity contribution in [2.75, 3.05) is 26.4 Å². The molecule has 0 fully saturated rings. The number of phosphoric acid groups is 1. The molecule has 0 aromatic heterocycles. The zero-order valence-electron chi connectivity index (χ0n) is 37.7. The van der Waals surface area contributed by atoms with E-state index in [0.29, 0.717) is 25.7 Å². The zero-order valence-corrected chi connectivity index (χ0v) is 38.6. The first kappa shape index (κ1) is 57.6. The van der Waals surface area contributed by atoms with Crippen LogP contribution in [0.15, 0.2) is 60.8 Å². The van der Waals surface area contributed by atoms with E-state index in [0.717, 1.165) is 44.4 Å². The highest BCUT2D eigenvalue weighted by Crippen LogP contribution is 2.43. The maximum Gasteiger partial charge on any atom is 0.472 e. The first-order valence-electron chi connectivity index (χ1n) is 23.2. The molecule has 348 valence electrons. The lowest BCUT2D eigenvalue weighted by Gasteiger charge is -2.20. The Morgan fingerprint density at radius 1 is 0.600 bits per heavy atom. The Balaban J connectivity index is 4.34. The fourth-order valence-electron chi connectivity index (χ4n) is 6.05. The van der Waals surface area contributed by atoms with Gasteiger partial charge in [-0.25, -0.2) is 4.57 Å². The van der Waals surface area contributed by atoms with Gasteiger partial charge >= 0.3 is 19.8 Å². The molecule has 0 spiro atoms. The highest BCUT2D eigenvalue weighted by molar-refractivity contribution is 7.47. The number of esters is 2. The molecular formula is C48H85O11P. The van der Waals surface area contributed by atoms with Crippen molar-refractivity contribution in [3.8, 4) is 0 Å². The van der Waals surface area contributed by atoms with Gasteiger partial charge in [-0.15, -0.1) is 0 Å². The van der Waals surface area contributed by atoms with E-state index in [-0.39, 0.29) is 25.6 Å². The summed E-state index contributed by atoms with van der Waals surface area (Å²) in [6.07, 6.45) is 42.9. The van der Waals surface area contributed by atoms with Gasteiger partial charge in [0.25, 0.3) is 0 Å². The van der Waals surface area contributed by atoms with Crippen molar-refractivity contribution in [1.29, 1.82) is 0 Å². The molecule has 0 saturated heterocycles. The van der Waals surface area contributed by atoms with E-state index in [1.807, 2.05) is 37.3 Å². The fourth-order valence-corrected chi connectivity index (χ4v) is 6.84. The quantitative estimate of drug-likeness (QED) is 0.0151. The summed E-state index contributed by atoms with van der Waals surface area (Å²) in [5, 5.41) is 27.8. The number of ether oxygens (including phenoxy) is 2. The Bertz CT molecular complexity index is 1210. The summed E-state index contributed by atoms with van der Waals surface area (Å²) < 4.78 is 32.7. The average Bonchev–Trinajstić information content (AvgIpc) is 3.22. The van der Waals surface area contributed by atoms with E-state index in [2.05, 4.69) is 42.7 Å². The summed E-state index contributed by atoms with van der Waals surface area (Å²) in [5.41, 5.74) is 0. The van der Waals surface area contributed by atoms with Crippen LogP contribution in [-0.4, -0.2) is 76.9 Å². The second kappa shape index (κ2) is 42.0. The minimum absolute atomic E-state index is 0.148. The molecular weight excluding hydrogens is 783 g/mol. The number of carbonyl (C=O) groups is 2. The van der Waals surface area contributed by atoms with Gasteiger partial charge in [-0.3, -0.25) is 18.6 Å². The van der Waals surface area contributed by atoms with Crippen LogP contribution in [0.3, 0.4) is 0 Å². The lowest BCUT2D eigenvalue weighted by atomic mass is 10.0. The van der Waals surface area contributed by atoms with Crippen LogP contribution in [0, 0.1) is 5.92 Å². The SMILES string of the molecule is CC[C@H](O)/C=C/C=C\C/C=C\C/C=C\C/C=C\CCCC(=O)OC[C@H](COP(=O)(O)OC[C@@H](O)CO)OC(=O)CCCCCCCCCCCCCCCCCCC(C)C. The monoisotopic (exact) mass is 869 g/mol. The van der Waals surface area contributed by atoms with Crippen LogP contribution in [0.25, 0.3) is 0 Å². The van der Waals surface area contributed by atoms with Crippen molar-refractivity contribution in [2.24, 2.45) is 5.92 Å². The summed E-state index contributed by atoms with van der Waals surface area (Å²) in [5.74, 6) is -0.183. The molecule has 1 unspecified atom stereocenters. The van der Waals surface area contributed by atoms with Crippen molar-refractivity contribution in [2.45, 2.75) is 200 Å². The van der Waals surface area contributed by atoms with Gasteiger partial charge in [-0.2, -0.15) is 0 Å². The molecule has 0 aliphatic carbocycles. The predicted molar refractivity (Wildman–Crippen MR) is 243 cm³/mol. The minimum Gasteiger partial charge on any atom is -0.462 e. The number of unbranched alkanes of at least 4 members (excludes halogenated alkanes) is 16. The number of allylic oxidation sites excluding steroid dienone is 9. The number of rotatable bonds is 42. The summed E-state index contributed by atoms with van der Waals surface area (Å²) >= 11 is 0. The van der Waals surface area contributed by atoms with Crippen LogP contribution in [0.4, 0.5) is 0 Å². The molecule has 0 aromatic carbocycles. The van der Waals surface area contributed by atoms with Crippen LogP contribution in [0.1, 0.15) is 181 Å². The Labute approximate surface area is 364 Å². The van der Waals surface area contributed by atoms with Crippen LogP contribution in [-0.2, 0) is 32.7 Å². The molecule has 0 aliphatic heterocycles. The lowest BCUT2D eigenvalue weighted by Crippen LogP contribution is -2.29. The summed E-state index contributed by atoms with van der Waals surface area (Å²) in [7, 11) is -4.64. The van der Waals surface area contributed by atoms with Crippen molar-refractivity contribution in [3.63, 3.8) is 0 Å². The van der Waals surface area contributed by atoms with Gasteiger partial charge in [-0.1, -0.05) is 184 Å². The van der Waals surface area contributed by atoms with Crippen LogP contribution in [0.5, 0.6) is 0 Å². The molecule has 0 bridgehead atoms. The maximum absolute atomic E-state index is 12.6. The molecule has 11 nitrogen and oxygen atoms in total. The molecule has 4 N–H and O–H groups in total. The standard InChI is InChI=1S/C48H85O11P/c1-4-44(50)36-32-28-24-20-16-12-9-10-13-17-21-25-29-33-37-47(52)56-41-46(42-58-60(54,55)57-40-45(51)39-49)59-48(53)38-34-30-26-22-18-14-8-6-5-7-11-15-19-23-27-31-35-43(2)3/h10,12-13,16,21,24-25,28,32,36,43-46,49-51H,4-9,11,14-15,17-20,22-23,26-27,29-31,33-35,37-42H2,1-3H3,(H,54,55)/b13-10-,16-12-,25-21-,28-24-,36-32+/t44-,45-,46+/m0/s1. The van der Waals surface area contributed by atoms with Crippen LogP contribution < -0.4 is 0 Å². The summed E-state index contributed by atoms with van der Waals surface area (Å²) in [6, 6.07) is 0. The Kier molecular flexibility index (Phi) is 40.3. The summed E-state index contributed by atoms with van der Waals surface area (Å²) in [4.78, 5) is 35.0. The van der Waals surface area contributed by atoms with Crippen molar-refractivity contribution in [3.05, 3.63) is 60.8 Å². The van der Waals surface area contributed by atoms with Gasteiger partial charge in [0, 0.05) is 12.8 Å². The van der Waals surface area contributed by atoms with Crippen molar-refractivity contribution >= 4 is 19.8 Å². The van der Waals surface area contributed by atoms with Crippen LogP contribution >= 0.6 is 7.82 Å². The van der Waals surface area contributed by atoms with Gasteiger partial charge in [0.15, 0.2) is 6.10 Å². The molecule has 0 radical (unpaired) electrons. The van der Waals surface area contributed by atoms with Gasteiger partial charge in [0.1, 0.15) is 12.7 Å². The van der Waals surface area contributed by atoms with E-state index >= 15 is 0 Å². The summed E-state index contributed by atoms with van der Waals surface area (Å²) in [6.45, 7) is 4.33. The third-order valence-corrected chi connectivity index (χ3v) is 10.7. The fraction of sp³-hybridized carbons (Fsp3) is 0.750. The Morgan fingerprint density at radius 3 is 1.62 bits per heavy atom. The predicted octanol–water partition coefficient (Wildman–Crippen LogP) is 11.5. The minimum atomic E-state index is -4.64. The van der Waals surface area contributed by atoms with Gasteiger partial charge in [-0.05, 0) is 50.9 Å². The highest BCUT2D eigenvalue weighted by Gasteiger charge is 2.27. The molecule has 0 aromatic rings. The number of aliphatic hydroxyl groups is 3. The second-order valence-electron chi connectivity index (χ2n) is 16.1. The van der Waals surface area contributed by atoms with E-state index in [9.17, 15) is 29.3 Å². The van der Waals surface area contributed by atoms with E-state index in [1.165, 1.54) is 83.5 Å². The Morgan fingerprint density at radius 2 is 1.08 bits per heavy atom. The molecule has 0 amide bonds. The number of hydrogen-bond donors (Lipinski definition) is 4. The third kappa shape index (κ3) is 42.3. The number of aliphatic hydroxyl groups excluding tert-OH is 3. The molecule has 12 heteroatoms. The van der Waals surface area contributed by atoms with Gasteiger partial charge in [0.05, 0.1) is 25.9 Å². The maximum atomic E-state index is 12.6. The topological polar surface area (TPSA) is 169 Å². The zero-order chi connectivity index (χ0) is 44.4. The molecule has 60 heavy (non-hydrogen) atoms. The smallest absolute Gasteiger partial charge is 0.462 e. The molecule has 0 heterocycles. The van der Waals surface area contributed by atoms with Crippen LogP contribution in [0.2, 0.25) is 0 Å². The number of carbonyl (C=O) groups excluding carboxylic acids is 2. The second-order valence-corrected chi connectivity index (χ2v) is 17.5. The first-order valence-corrected chi connectivity index (χ1v) is 24.7. The van der Waals surface area contributed by atoms with Crippen molar-refractivity contribution < 1.29 is 52.9 Å². The molecule has 4 atom stereocenters. The molecule has 0 saturated carbocycles. The molecule has 0 aliphatic rings. The van der Waals surface area contributed by atoms with Gasteiger partial charge in [0.2, 0.25) is 0 Å². The van der Waals surface area contributed by atoms with E-state index < -0.39 is 51.8 Å². The highest BCUT2D eigenvalue weighted by atomic mass is 31.2. The van der Waals surface area contributed by atoms with Crippen molar-refractivity contribution in [1.82, 2.24) is 0 Å². The number of phosphoric ester groups is 1. The largest absolute Gasteiger partial charge is 0.472 e. The normalized spacial score (nSPS) is 14.9. The van der Waals surface area contributed by atoms with E-state index in [4.69, 9.17) is 19.1 Å².